The van der Waals surface area contributed by atoms with Crippen molar-refractivity contribution in [2.75, 3.05) is 0 Å². The van der Waals surface area contributed by atoms with Crippen molar-refractivity contribution in [2.24, 2.45) is 0 Å². The molecular formula is C48H29N3S. The van der Waals surface area contributed by atoms with Crippen molar-refractivity contribution in [1.82, 2.24) is 13.7 Å². The minimum absolute atomic E-state index is 1.14. The topological polar surface area (TPSA) is 14.8 Å². The number of thiophene rings is 1. The van der Waals surface area contributed by atoms with Gasteiger partial charge in [0.1, 0.15) is 0 Å². The molecule has 0 atom stereocenters. The summed E-state index contributed by atoms with van der Waals surface area (Å²) in [6.45, 7) is 0. The summed E-state index contributed by atoms with van der Waals surface area (Å²) in [5, 5.41) is 10.3. The molecule has 4 heterocycles. The average Bonchev–Trinajstić information content (AvgIpc) is 3.94. The van der Waals surface area contributed by atoms with Crippen molar-refractivity contribution < 1.29 is 0 Å². The van der Waals surface area contributed by atoms with E-state index in [1.165, 1.54) is 91.3 Å². The van der Waals surface area contributed by atoms with Crippen LogP contribution in [0.4, 0.5) is 0 Å². The second-order valence-electron chi connectivity index (χ2n) is 13.7. The smallest absolute Gasteiger partial charge is 0.0640 e. The Morgan fingerprint density at radius 3 is 1.38 bits per heavy atom. The van der Waals surface area contributed by atoms with Crippen molar-refractivity contribution in [2.45, 2.75) is 0 Å². The van der Waals surface area contributed by atoms with Crippen molar-refractivity contribution in [3.63, 3.8) is 0 Å². The van der Waals surface area contributed by atoms with Crippen LogP contribution in [-0.4, -0.2) is 13.7 Å². The van der Waals surface area contributed by atoms with Crippen LogP contribution in [0, 0.1) is 0 Å². The third kappa shape index (κ3) is 3.69. The van der Waals surface area contributed by atoms with E-state index in [1.54, 1.807) is 0 Å². The highest BCUT2D eigenvalue weighted by Crippen LogP contribution is 2.45. The molecule has 0 radical (unpaired) electrons. The molecule has 0 aliphatic carbocycles. The minimum atomic E-state index is 1.14. The minimum Gasteiger partial charge on any atom is -0.309 e. The summed E-state index contributed by atoms with van der Waals surface area (Å²) in [4.78, 5) is 0. The number of fused-ring (bicyclic) bond motifs is 13. The molecule has 0 spiro atoms. The molecule has 4 heteroatoms. The molecule has 4 aromatic heterocycles. The highest BCUT2D eigenvalue weighted by Gasteiger charge is 2.22. The third-order valence-electron chi connectivity index (χ3n) is 11.0. The summed E-state index contributed by atoms with van der Waals surface area (Å²) in [6, 6.07) is 64.6. The van der Waals surface area contributed by atoms with Gasteiger partial charge in [-0.1, -0.05) is 109 Å². The summed E-state index contributed by atoms with van der Waals surface area (Å²) in [6.07, 6.45) is 0. The van der Waals surface area contributed by atoms with Crippen molar-refractivity contribution in [3.05, 3.63) is 176 Å². The summed E-state index contributed by atoms with van der Waals surface area (Å²) in [5.74, 6) is 0. The molecule has 0 saturated carbocycles. The Bertz CT molecular complexity index is 3370. The van der Waals surface area contributed by atoms with Gasteiger partial charge in [0, 0.05) is 59.2 Å². The van der Waals surface area contributed by atoms with Gasteiger partial charge in [-0.25, -0.2) is 0 Å². The van der Waals surface area contributed by atoms with E-state index in [2.05, 4.69) is 190 Å². The third-order valence-corrected chi connectivity index (χ3v) is 12.2. The van der Waals surface area contributed by atoms with E-state index in [1.807, 2.05) is 11.3 Å². The average molecular weight is 680 g/mol. The van der Waals surface area contributed by atoms with Crippen LogP contribution in [0.1, 0.15) is 0 Å². The lowest BCUT2D eigenvalue weighted by atomic mass is 10.1. The SMILES string of the molecule is c1cc(-n2c3ccccc3c3ccccc32)cc(-n2c3ccccc3c3c4c5ccccc5n(-c5cccc6c5sc5ccccc56)c4ccc32)c1. The van der Waals surface area contributed by atoms with Gasteiger partial charge < -0.3 is 13.7 Å². The van der Waals surface area contributed by atoms with E-state index < -0.39 is 0 Å². The first-order valence-electron chi connectivity index (χ1n) is 17.8. The van der Waals surface area contributed by atoms with Crippen LogP contribution in [-0.2, 0) is 0 Å². The van der Waals surface area contributed by atoms with Crippen LogP contribution in [0.15, 0.2) is 176 Å². The fraction of sp³-hybridized carbons (Fsp3) is 0. The first kappa shape index (κ1) is 28.1. The molecule has 0 fully saturated rings. The number of hydrogen-bond donors (Lipinski definition) is 0. The van der Waals surface area contributed by atoms with Gasteiger partial charge in [0.25, 0.3) is 0 Å². The zero-order valence-electron chi connectivity index (χ0n) is 28.0. The molecule has 0 unspecified atom stereocenters. The van der Waals surface area contributed by atoms with Gasteiger partial charge >= 0.3 is 0 Å². The van der Waals surface area contributed by atoms with Crippen LogP contribution in [0.5, 0.6) is 0 Å². The molecule has 0 N–H and O–H groups in total. The zero-order chi connectivity index (χ0) is 33.9. The quantitative estimate of drug-likeness (QED) is 0.177. The van der Waals surface area contributed by atoms with E-state index >= 15 is 0 Å². The Hall–Kier alpha value is -6.62. The van der Waals surface area contributed by atoms with Crippen LogP contribution in [0.2, 0.25) is 0 Å². The first-order valence-corrected chi connectivity index (χ1v) is 18.6. The zero-order valence-corrected chi connectivity index (χ0v) is 28.8. The van der Waals surface area contributed by atoms with Gasteiger partial charge in [-0.15, -0.1) is 11.3 Å². The lowest BCUT2D eigenvalue weighted by molar-refractivity contribution is 1.13. The molecular weight excluding hydrogens is 651 g/mol. The number of aromatic nitrogens is 3. The molecule has 12 aromatic rings. The summed E-state index contributed by atoms with van der Waals surface area (Å²) < 4.78 is 10.00. The van der Waals surface area contributed by atoms with Gasteiger partial charge in [0.2, 0.25) is 0 Å². The highest BCUT2D eigenvalue weighted by atomic mass is 32.1. The van der Waals surface area contributed by atoms with Gasteiger partial charge in [-0.05, 0) is 66.7 Å². The Balaban J connectivity index is 1.16. The van der Waals surface area contributed by atoms with Crippen molar-refractivity contribution in [3.8, 4) is 17.1 Å². The number of rotatable bonds is 3. The van der Waals surface area contributed by atoms with E-state index in [0.717, 1.165) is 11.4 Å². The maximum absolute atomic E-state index is 2.50. The fourth-order valence-electron chi connectivity index (χ4n) is 8.94. The lowest BCUT2D eigenvalue weighted by Crippen LogP contribution is -1.98. The standard InChI is InChI=1S/C48H29N3S/c1-6-21-38-32(15-1)33-16-2-7-22-39(33)49(38)30-13-11-14-31(29-30)50-40-23-8-3-18-36(40)46-42(50)27-28-43-47(46)37-19-4-9-24-41(37)51(43)44-25-12-20-35-34-17-5-10-26-45(34)52-48(35)44/h1-29H. The molecule has 52 heavy (non-hydrogen) atoms. The number of para-hydroxylation sites is 4. The Labute approximate surface area is 302 Å². The van der Waals surface area contributed by atoms with Crippen molar-refractivity contribution in [1.29, 1.82) is 0 Å². The highest BCUT2D eigenvalue weighted by molar-refractivity contribution is 7.26. The summed E-state index contributed by atoms with van der Waals surface area (Å²) >= 11 is 1.89. The maximum atomic E-state index is 2.50. The monoisotopic (exact) mass is 679 g/mol. The van der Waals surface area contributed by atoms with Crippen LogP contribution in [0.3, 0.4) is 0 Å². The van der Waals surface area contributed by atoms with Crippen molar-refractivity contribution >= 4 is 96.9 Å². The van der Waals surface area contributed by atoms with E-state index in [0.29, 0.717) is 0 Å². The Morgan fingerprint density at radius 1 is 0.308 bits per heavy atom. The molecule has 3 nitrogen and oxygen atoms in total. The second kappa shape index (κ2) is 10.5. The maximum Gasteiger partial charge on any atom is 0.0640 e. The van der Waals surface area contributed by atoms with Crippen LogP contribution in [0.25, 0.3) is 103 Å². The van der Waals surface area contributed by atoms with E-state index in [9.17, 15) is 0 Å². The Kier molecular flexibility index (Phi) is 5.65. The van der Waals surface area contributed by atoms with Gasteiger partial charge in [0.15, 0.2) is 0 Å². The number of nitrogens with zero attached hydrogens (tertiary/aromatic N) is 3. The Morgan fingerprint density at radius 2 is 0.750 bits per heavy atom. The lowest BCUT2D eigenvalue weighted by Gasteiger charge is -2.13. The van der Waals surface area contributed by atoms with Crippen LogP contribution < -0.4 is 0 Å². The fourth-order valence-corrected chi connectivity index (χ4v) is 10.1. The number of benzene rings is 8. The predicted octanol–water partition coefficient (Wildman–Crippen LogP) is 13.3. The molecule has 8 aromatic carbocycles. The molecule has 0 amide bonds. The number of hydrogen-bond acceptors (Lipinski definition) is 1. The van der Waals surface area contributed by atoms with E-state index in [-0.39, 0.29) is 0 Å². The first-order chi connectivity index (χ1) is 25.8. The summed E-state index contributed by atoms with van der Waals surface area (Å²) in [7, 11) is 0. The predicted molar refractivity (Wildman–Crippen MR) is 222 cm³/mol. The van der Waals surface area contributed by atoms with Gasteiger partial charge in [-0.2, -0.15) is 0 Å². The largest absolute Gasteiger partial charge is 0.309 e. The molecule has 0 saturated heterocycles. The second-order valence-corrected chi connectivity index (χ2v) is 14.8. The molecule has 0 aliphatic heterocycles. The van der Waals surface area contributed by atoms with E-state index in [4.69, 9.17) is 0 Å². The van der Waals surface area contributed by atoms with Crippen LogP contribution >= 0.6 is 11.3 Å². The normalized spacial score (nSPS) is 12.2. The summed E-state index contributed by atoms with van der Waals surface area (Å²) in [5.41, 5.74) is 10.8. The molecule has 12 rings (SSSR count). The molecule has 242 valence electrons. The van der Waals surface area contributed by atoms with Gasteiger partial charge in [0.05, 0.1) is 43.5 Å². The molecule has 0 aliphatic rings. The molecule has 0 bridgehead atoms. The van der Waals surface area contributed by atoms with Gasteiger partial charge in [-0.3, -0.25) is 0 Å².